The molecule has 0 N–H and O–H groups in total. The average molecular weight is 583 g/mol. The highest BCUT2D eigenvalue weighted by molar-refractivity contribution is 7.07. The third-order valence-electron chi connectivity index (χ3n) is 6.73. The van der Waals surface area contributed by atoms with Crippen molar-refractivity contribution in [2.24, 2.45) is 4.99 Å². The lowest BCUT2D eigenvalue weighted by molar-refractivity contribution is -0.140. The minimum Gasteiger partial charge on any atom is -0.465 e. The highest BCUT2D eigenvalue weighted by Crippen LogP contribution is 2.31. The van der Waals surface area contributed by atoms with E-state index < -0.39 is 23.9 Å². The standard InChI is InChI=1S/C32H26N2O7S/c1-19-26(31(38)41-18-21-7-5-4-6-8-21)27(22-13-15-24(16-14-22)30(37)40-3)34-28(35)25(42-32(34)33-19)17-20-9-11-23(12-10-20)29(36)39-2/h4-17,27H,18H2,1-3H3. The molecule has 0 saturated heterocycles. The summed E-state index contributed by atoms with van der Waals surface area (Å²) >= 11 is 1.19. The molecule has 5 rings (SSSR count). The van der Waals surface area contributed by atoms with Gasteiger partial charge in [0.05, 0.1) is 47.2 Å². The van der Waals surface area contributed by atoms with E-state index in [-0.39, 0.29) is 17.7 Å². The maximum absolute atomic E-state index is 13.9. The van der Waals surface area contributed by atoms with E-state index in [1.54, 1.807) is 61.5 Å². The van der Waals surface area contributed by atoms with Crippen LogP contribution in [0.25, 0.3) is 6.08 Å². The number of aromatic nitrogens is 1. The average Bonchev–Trinajstić information content (AvgIpc) is 3.32. The quantitative estimate of drug-likeness (QED) is 0.242. The van der Waals surface area contributed by atoms with Crippen LogP contribution in [0.2, 0.25) is 0 Å². The Morgan fingerprint density at radius 2 is 1.45 bits per heavy atom. The number of hydrogen-bond donors (Lipinski definition) is 0. The van der Waals surface area contributed by atoms with Gasteiger partial charge < -0.3 is 14.2 Å². The topological polar surface area (TPSA) is 113 Å². The maximum atomic E-state index is 13.9. The SMILES string of the molecule is COC(=O)c1ccc(C=c2sc3n(c2=O)C(c2ccc(C(=O)OC)cc2)C(C(=O)OCc2ccccc2)=C(C)N=3)cc1. The van der Waals surface area contributed by atoms with Gasteiger partial charge in [-0.25, -0.2) is 19.4 Å². The van der Waals surface area contributed by atoms with E-state index >= 15 is 0 Å². The highest BCUT2D eigenvalue weighted by Gasteiger charge is 2.33. The maximum Gasteiger partial charge on any atom is 0.338 e. The Bertz CT molecular complexity index is 1870. The van der Waals surface area contributed by atoms with Gasteiger partial charge in [-0.2, -0.15) is 0 Å². The lowest BCUT2D eigenvalue weighted by Gasteiger charge is -2.25. The van der Waals surface area contributed by atoms with Crippen LogP contribution in [0.1, 0.15) is 50.4 Å². The monoisotopic (exact) mass is 582 g/mol. The van der Waals surface area contributed by atoms with E-state index in [0.29, 0.717) is 37.3 Å². The largest absolute Gasteiger partial charge is 0.465 e. The Balaban J connectivity index is 1.59. The van der Waals surface area contributed by atoms with Gasteiger partial charge >= 0.3 is 17.9 Å². The molecular weight excluding hydrogens is 556 g/mol. The Kier molecular flexibility index (Phi) is 8.26. The molecule has 0 aliphatic carbocycles. The summed E-state index contributed by atoms with van der Waals surface area (Å²) in [6.07, 6.45) is 1.70. The van der Waals surface area contributed by atoms with E-state index in [2.05, 4.69) is 4.99 Å². The van der Waals surface area contributed by atoms with E-state index in [0.717, 1.165) is 5.56 Å². The van der Waals surface area contributed by atoms with Crippen LogP contribution in [0.4, 0.5) is 0 Å². The summed E-state index contributed by atoms with van der Waals surface area (Å²) in [5.41, 5.74) is 3.13. The Hall–Kier alpha value is -5.09. The second-order valence-electron chi connectivity index (χ2n) is 9.37. The molecule has 1 atom stereocenters. The Morgan fingerprint density at radius 3 is 2.05 bits per heavy atom. The first-order valence-corrected chi connectivity index (χ1v) is 13.7. The van der Waals surface area contributed by atoms with Crippen molar-refractivity contribution in [1.82, 2.24) is 4.57 Å². The third-order valence-corrected chi connectivity index (χ3v) is 7.71. The van der Waals surface area contributed by atoms with Crippen molar-refractivity contribution in [3.05, 3.63) is 138 Å². The predicted octanol–water partition coefficient (Wildman–Crippen LogP) is 3.55. The van der Waals surface area contributed by atoms with E-state index in [1.807, 2.05) is 30.3 Å². The summed E-state index contributed by atoms with van der Waals surface area (Å²) in [6.45, 7) is 1.76. The third kappa shape index (κ3) is 5.70. The van der Waals surface area contributed by atoms with Gasteiger partial charge in [-0.15, -0.1) is 0 Å². The van der Waals surface area contributed by atoms with Crippen molar-refractivity contribution in [3.63, 3.8) is 0 Å². The Morgan fingerprint density at radius 1 is 0.857 bits per heavy atom. The number of methoxy groups -OCH3 is 2. The van der Waals surface area contributed by atoms with Gasteiger partial charge in [0.15, 0.2) is 4.80 Å². The summed E-state index contributed by atoms with van der Waals surface area (Å²) in [4.78, 5) is 56.3. The molecule has 0 amide bonds. The van der Waals surface area contributed by atoms with E-state index in [4.69, 9.17) is 14.2 Å². The zero-order valence-electron chi connectivity index (χ0n) is 23.0. The van der Waals surface area contributed by atoms with Crippen LogP contribution in [-0.4, -0.2) is 36.7 Å². The number of esters is 3. The minimum absolute atomic E-state index is 0.0520. The van der Waals surface area contributed by atoms with E-state index in [1.165, 1.54) is 30.1 Å². The zero-order valence-corrected chi connectivity index (χ0v) is 23.8. The van der Waals surface area contributed by atoms with Crippen molar-refractivity contribution in [1.29, 1.82) is 0 Å². The number of fused-ring (bicyclic) bond motifs is 1. The fourth-order valence-electron chi connectivity index (χ4n) is 4.60. The first-order valence-electron chi connectivity index (χ1n) is 12.9. The van der Waals surface area contributed by atoms with Crippen LogP contribution in [0, 0.1) is 0 Å². The number of rotatable bonds is 7. The van der Waals surface area contributed by atoms with Crippen LogP contribution in [0.3, 0.4) is 0 Å². The van der Waals surface area contributed by atoms with Crippen LogP contribution < -0.4 is 14.9 Å². The van der Waals surface area contributed by atoms with Crippen molar-refractivity contribution >= 4 is 35.3 Å². The first kappa shape index (κ1) is 28.4. The number of carbonyl (C=O) groups excluding carboxylic acids is 3. The molecule has 1 unspecified atom stereocenters. The van der Waals surface area contributed by atoms with Crippen LogP contribution in [0.15, 0.2) is 99.9 Å². The molecule has 212 valence electrons. The van der Waals surface area contributed by atoms with Crippen LogP contribution in [-0.2, 0) is 25.6 Å². The van der Waals surface area contributed by atoms with Gasteiger partial charge in [-0.1, -0.05) is 65.9 Å². The number of hydrogen-bond acceptors (Lipinski definition) is 9. The molecule has 0 saturated carbocycles. The minimum atomic E-state index is -0.847. The fraction of sp³-hybridized carbons (Fsp3) is 0.156. The van der Waals surface area contributed by atoms with E-state index in [9.17, 15) is 19.2 Å². The molecule has 10 heteroatoms. The van der Waals surface area contributed by atoms with Crippen molar-refractivity contribution in [2.45, 2.75) is 19.6 Å². The van der Waals surface area contributed by atoms with Gasteiger partial charge in [-0.3, -0.25) is 9.36 Å². The number of thiazole rings is 1. The van der Waals surface area contributed by atoms with Gasteiger partial charge in [0.2, 0.25) is 0 Å². The van der Waals surface area contributed by atoms with Gasteiger partial charge in [0, 0.05) is 0 Å². The number of carbonyl (C=O) groups is 3. The highest BCUT2D eigenvalue weighted by atomic mass is 32.1. The summed E-state index contributed by atoms with van der Waals surface area (Å²) in [5, 5.41) is 0. The number of ether oxygens (including phenoxy) is 3. The van der Waals surface area contributed by atoms with Crippen molar-refractivity contribution in [3.8, 4) is 0 Å². The van der Waals surface area contributed by atoms with Crippen LogP contribution in [0.5, 0.6) is 0 Å². The summed E-state index contributed by atoms with van der Waals surface area (Å²) in [7, 11) is 2.61. The molecule has 0 spiro atoms. The van der Waals surface area contributed by atoms with Gasteiger partial charge in [0.1, 0.15) is 6.61 Å². The smallest absolute Gasteiger partial charge is 0.338 e. The molecule has 1 aromatic heterocycles. The fourth-order valence-corrected chi connectivity index (χ4v) is 5.65. The zero-order chi connectivity index (χ0) is 29.8. The molecule has 2 heterocycles. The molecular formula is C32H26N2O7S. The van der Waals surface area contributed by atoms with Crippen molar-refractivity contribution in [2.75, 3.05) is 14.2 Å². The number of allylic oxidation sites excluding steroid dienone is 1. The normalized spacial score (nSPS) is 14.5. The molecule has 9 nitrogen and oxygen atoms in total. The molecule has 1 aliphatic heterocycles. The lowest BCUT2D eigenvalue weighted by atomic mass is 9.95. The molecule has 0 radical (unpaired) electrons. The summed E-state index contributed by atoms with van der Waals surface area (Å²) in [5.74, 6) is -1.56. The summed E-state index contributed by atoms with van der Waals surface area (Å²) in [6, 6.07) is 21.6. The van der Waals surface area contributed by atoms with Gasteiger partial charge in [0.25, 0.3) is 5.56 Å². The molecule has 42 heavy (non-hydrogen) atoms. The van der Waals surface area contributed by atoms with Crippen molar-refractivity contribution < 1.29 is 28.6 Å². The second kappa shape index (κ2) is 12.2. The molecule has 0 bridgehead atoms. The number of nitrogens with zero attached hydrogens (tertiary/aromatic N) is 2. The molecule has 0 fully saturated rings. The first-order chi connectivity index (χ1) is 20.3. The summed E-state index contributed by atoms with van der Waals surface area (Å²) < 4.78 is 17.1. The predicted molar refractivity (Wildman–Crippen MR) is 156 cm³/mol. The number of benzene rings is 3. The molecule has 4 aromatic rings. The molecule has 3 aromatic carbocycles. The van der Waals surface area contributed by atoms with Crippen LogP contribution >= 0.6 is 11.3 Å². The lowest BCUT2D eigenvalue weighted by Crippen LogP contribution is -2.39. The second-order valence-corrected chi connectivity index (χ2v) is 10.4. The molecule has 1 aliphatic rings. The Labute approximate surface area is 244 Å². The van der Waals surface area contributed by atoms with Gasteiger partial charge in [-0.05, 0) is 54.0 Å².